The van der Waals surface area contributed by atoms with E-state index in [9.17, 15) is 0 Å². The predicted octanol–water partition coefficient (Wildman–Crippen LogP) is 3.84. The van der Waals surface area contributed by atoms with Gasteiger partial charge in [-0.2, -0.15) is 0 Å². The quantitative estimate of drug-likeness (QED) is 0.578. The lowest BCUT2D eigenvalue weighted by Crippen LogP contribution is -2.17. The summed E-state index contributed by atoms with van der Waals surface area (Å²) < 4.78 is 0. The molecule has 0 saturated heterocycles. The molecule has 0 bridgehead atoms. The van der Waals surface area contributed by atoms with Gasteiger partial charge < -0.3 is 0 Å². The molecule has 0 nitrogen and oxygen atoms in total. The second-order valence-corrected chi connectivity index (χ2v) is 4.17. The van der Waals surface area contributed by atoms with E-state index in [0.29, 0.717) is 5.41 Å². The van der Waals surface area contributed by atoms with Crippen molar-refractivity contribution < 1.29 is 0 Å². The molecule has 0 aliphatic heterocycles. The van der Waals surface area contributed by atoms with Gasteiger partial charge in [0, 0.05) is 0 Å². The number of allylic oxidation sites excluding steroid dienone is 4. The van der Waals surface area contributed by atoms with Gasteiger partial charge in [-0.3, -0.25) is 0 Å². The van der Waals surface area contributed by atoms with Crippen LogP contribution in [0.3, 0.4) is 0 Å². The maximum atomic E-state index is 2.36. The molecule has 0 heterocycles. The molecular weight excluding hydrogens is 144 g/mol. The Morgan fingerprint density at radius 3 is 2.58 bits per heavy atom. The van der Waals surface area contributed by atoms with Crippen molar-refractivity contribution in [2.24, 2.45) is 5.41 Å². The van der Waals surface area contributed by atoms with E-state index in [-0.39, 0.29) is 0 Å². The fraction of sp³-hybridized carbons (Fsp3) is 0.667. The average molecular weight is 162 g/mol. The molecule has 0 amide bonds. The molecule has 0 atom stereocenters. The van der Waals surface area contributed by atoms with Crippen LogP contribution in [0, 0.1) is 5.41 Å². The van der Waals surface area contributed by atoms with Crippen molar-refractivity contribution in [2.75, 3.05) is 0 Å². The van der Waals surface area contributed by atoms with Crippen molar-refractivity contribution in [2.45, 2.75) is 45.4 Å². The zero-order valence-corrected chi connectivity index (χ0v) is 7.97. The summed E-state index contributed by atoms with van der Waals surface area (Å²) >= 11 is 0. The fourth-order valence-corrected chi connectivity index (χ4v) is 2.79. The van der Waals surface area contributed by atoms with E-state index in [2.05, 4.69) is 25.2 Å². The molecule has 1 saturated carbocycles. The van der Waals surface area contributed by atoms with Crippen LogP contribution in [0.15, 0.2) is 23.8 Å². The van der Waals surface area contributed by atoms with Crippen molar-refractivity contribution in [1.82, 2.24) is 0 Å². The molecule has 2 aliphatic rings. The molecule has 2 aliphatic carbocycles. The van der Waals surface area contributed by atoms with Crippen LogP contribution in [0.2, 0.25) is 0 Å². The predicted molar refractivity (Wildman–Crippen MR) is 53.0 cm³/mol. The molecular formula is C12H18. The summed E-state index contributed by atoms with van der Waals surface area (Å²) in [6.07, 6.45) is 15.2. The highest BCUT2D eigenvalue weighted by Gasteiger charge is 2.35. The van der Waals surface area contributed by atoms with E-state index in [1.807, 2.05) is 0 Å². The van der Waals surface area contributed by atoms with Gasteiger partial charge in [0.05, 0.1) is 0 Å². The topological polar surface area (TPSA) is 0 Å². The minimum Gasteiger partial charge on any atom is -0.0804 e. The number of hydrogen-bond donors (Lipinski definition) is 0. The number of rotatable bonds is 2. The molecule has 0 heteroatoms. The van der Waals surface area contributed by atoms with Crippen molar-refractivity contribution >= 4 is 0 Å². The molecule has 0 aromatic rings. The van der Waals surface area contributed by atoms with Gasteiger partial charge in [-0.25, -0.2) is 0 Å². The lowest BCUT2D eigenvalue weighted by molar-refractivity contribution is 0.349. The molecule has 0 aromatic heterocycles. The summed E-state index contributed by atoms with van der Waals surface area (Å²) in [5.74, 6) is 0. The third-order valence-corrected chi connectivity index (χ3v) is 3.69. The third-order valence-electron chi connectivity index (χ3n) is 3.69. The highest BCUT2D eigenvalue weighted by atomic mass is 14.4. The van der Waals surface area contributed by atoms with Gasteiger partial charge in [-0.05, 0) is 31.1 Å². The summed E-state index contributed by atoms with van der Waals surface area (Å²) in [4.78, 5) is 0. The van der Waals surface area contributed by atoms with Crippen LogP contribution in [0.5, 0.6) is 0 Å². The summed E-state index contributed by atoms with van der Waals surface area (Å²) in [6, 6.07) is 0. The van der Waals surface area contributed by atoms with E-state index in [4.69, 9.17) is 0 Å². The Morgan fingerprint density at radius 2 is 2.08 bits per heavy atom. The second-order valence-electron chi connectivity index (χ2n) is 4.17. The molecule has 0 spiro atoms. The molecule has 12 heavy (non-hydrogen) atoms. The van der Waals surface area contributed by atoms with Gasteiger partial charge in [0.25, 0.3) is 0 Å². The van der Waals surface area contributed by atoms with E-state index in [1.165, 1.54) is 38.5 Å². The minimum absolute atomic E-state index is 0.615. The standard InChI is InChI=1S/C12H18/c1-2-12(9-5-6-10-12)11-7-3-4-8-11/h3-4,7H,2,5-6,8-10H2,1H3. The van der Waals surface area contributed by atoms with Gasteiger partial charge in [-0.1, -0.05) is 43.6 Å². The zero-order chi connectivity index (χ0) is 8.44. The van der Waals surface area contributed by atoms with E-state index >= 15 is 0 Å². The van der Waals surface area contributed by atoms with Crippen LogP contribution < -0.4 is 0 Å². The van der Waals surface area contributed by atoms with Crippen molar-refractivity contribution in [3.63, 3.8) is 0 Å². The normalized spacial score (nSPS) is 26.2. The lowest BCUT2D eigenvalue weighted by Gasteiger charge is -2.29. The first-order valence-corrected chi connectivity index (χ1v) is 5.23. The lowest BCUT2D eigenvalue weighted by atomic mass is 9.76. The minimum atomic E-state index is 0.615. The van der Waals surface area contributed by atoms with Gasteiger partial charge in [0.1, 0.15) is 0 Å². The maximum absolute atomic E-state index is 2.36. The molecule has 0 unspecified atom stereocenters. The van der Waals surface area contributed by atoms with Crippen LogP contribution >= 0.6 is 0 Å². The Morgan fingerprint density at radius 1 is 1.33 bits per heavy atom. The number of hydrogen-bond acceptors (Lipinski definition) is 0. The first kappa shape index (κ1) is 8.10. The molecule has 1 fully saturated rings. The summed E-state index contributed by atoms with van der Waals surface area (Å²) in [5.41, 5.74) is 2.33. The largest absolute Gasteiger partial charge is 0.0804 e. The zero-order valence-electron chi connectivity index (χ0n) is 7.97. The van der Waals surface area contributed by atoms with Gasteiger partial charge in [0.2, 0.25) is 0 Å². The highest BCUT2D eigenvalue weighted by Crippen LogP contribution is 2.48. The Balaban J connectivity index is 2.16. The molecule has 0 radical (unpaired) electrons. The van der Waals surface area contributed by atoms with Crippen LogP contribution in [0.4, 0.5) is 0 Å². The average Bonchev–Trinajstić information content (AvgIpc) is 2.76. The highest BCUT2D eigenvalue weighted by molar-refractivity contribution is 5.29. The van der Waals surface area contributed by atoms with Crippen LogP contribution in [-0.4, -0.2) is 0 Å². The maximum Gasteiger partial charge on any atom is -0.00845 e. The Labute approximate surface area is 75.4 Å². The smallest absolute Gasteiger partial charge is 0.00845 e. The molecule has 0 aromatic carbocycles. The molecule has 66 valence electrons. The first-order chi connectivity index (χ1) is 5.87. The van der Waals surface area contributed by atoms with E-state index < -0.39 is 0 Å². The summed E-state index contributed by atoms with van der Waals surface area (Å²) in [6.45, 7) is 2.35. The van der Waals surface area contributed by atoms with Crippen molar-refractivity contribution in [3.8, 4) is 0 Å². The Bertz CT molecular complexity index is 214. The van der Waals surface area contributed by atoms with Crippen LogP contribution in [-0.2, 0) is 0 Å². The SMILES string of the molecule is CCC1(C2=CC=CC2)CCCC1. The monoisotopic (exact) mass is 162 g/mol. The molecule has 2 rings (SSSR count). The summed E-state index contributed by atoms with van der Waals surface area (Å²) in [5, 5.41) is 0. The van der Waals surface area contributed by atoms with Crippen LogP contribution in [0.25, 0.3) is 0 Å². The third kappa shape index (κ3) is 1.14. The van der Waals surface area contributed by atoms with Gasteiger partial charge >= 0.3 is 0 Å². The van der Waals surface area contributed by atoms with Gasteiger partial charge in [0.15, 0.2) is 0 Å². The summed E-state index contributed by atoms with van der Waals surface area (Å²) in [7, 11) is 0. The fourth-order valence-electron chi connectivity index (χ4n) is 2.79. The Kier molecular flexibility index (Phi) is 2.08. The van der Waals surface area contributed by atoms with Crippen molar-refractivity contribution in [1.29, 1.82) is 0 Å². The van der Waals surface area contributed by atoms with Crippen molar-refractivity contribution in [3.05, 3.63) is 23.8 Å². The molecule has 0 N–H and O–H groups in total. The van der Waals surface area contributed by atoms with Gasteiger partial charge in [-0.15, -0.1) is 0 Å². The van der Waals surface area contributed by atoms with Crippen LogP contribution in [0.1, 0.15) is 45.4 Å². The van der Waals surface area contributed by atoms with E-state index in [0.717, 1.165) is 0 Å². The van der Waals surface area contributed by atoms with E-state index in [1.54, 1.807) is 5.57 Å². The Hall–Kier alpha value is -0.520. The first-order valence-electron chi connectivity index (χ1n) is 5.23. The second kappa shape index (κ2) is 3.08.